The summed E-state index contributed by atoms with van der Waals surface area (Å²) < 4.78 is 4.61. The zero-order chi connectivity index (χ0) is 13.8. The Morgan fingerprint density at radius 3 is 3.00 bits per heavy atom. The molecule has 1 atom stereocenters. The van der Waals surface area contributed by atoms with Gasteiger partial charge in [-0.1, -0.05) is 23.7 Å². The number of hydrogen-bond donors (Lipinski definition) is 1. The molecule has 1 aromatic heterocycles. The summed E-state index contributed by atoms with van der Waals surface area (Å²) >= 11 is 7.32. The first-order chi connectivity index (χ1) is 9.10. The summed E-state index contributed by atoms with van der Waals surface area (Å²) in [7, 11) is 1.34. The van der Waals surface area contributed by atoms with Crippen LogP contribution in [-0.4, -0.2) is 18.1 Å². The molecular weight excluding hydrogens is 284 g/mol. The maximum Gasteiger partial charge on any atom is 0.357 e. The number of rotatable bonds is 4. The lowest BCUT2D eigenvalue weighted by Gasteiger charge is -2.13. The van der Waals surface area contributed by atoms with E-state index in [1.165, 1.54) is 18.4 Å². The average Bonchev–Trinajstić information content (AvgIpc) is 2.86. The normalized spacial score (nSPS) is 11.9. The molecule has 1 N–H and O–H groups in total. The van der Waals surface area contributed by atoms with Crippen LogP contribution in [0.25, 0.3) is 0 Å². The molecule has 6 heteroatoms. The molecule has 0 aliphatic heterocycles. The van der Waals surface area contributed by atoms with E-state index in [0.717, 1.165) is 5.56 Å². The molecule has 0 spiro atoms. The minimum Gasteiger partial charge on any atom is -0.464 e. The number of hydrogen-bond acceptors (Lipinski definition) is 5. The number of thiazole rings is 1. The van der Waals surface area contributed by atoms with Crippen LogP contribution in [0.1, 0.15) is 29.0 Å². The van der Waals surface area contributed by atoms with Crippen molar-refractivity contribution < 1.29 is 9.53 Å². The molecule has 0 saturated carbocycles. The Morgan fingerprint density at radius 2 is 2.32 bits per heavy atom. The lowest BCUT2D eigenvalue weighted by Crippen LogP contribution is -2.07. The predicted molar refractivity (Wildman–Crippen MR) is 76.9 cm³/mol. The third-order valence-corrected chi connectivity index (χ3v) is 3.60. The van der Waals surface area contributed by atoms with Crippen molar-refractivity contribution in [2.75, 3.05) is 12.4 Å². The van der Waals surface area contributed by atoms with Crippen LogP contribution < -0.4 is 5.32 Å². The van der Waals surface area contributed by atoms with Gasteiger partial charge in [0.1, 0.15) is 0 Å². The molecule has 0 fully saturated rings. The van der Waals surface area contributed by atoms with Crippen LogP contribution >= 0.6 is 22.9 Å². The van der Waals surface area contributed by atoms with Crippen molar-refractivity contribution in [3.05, 3.63) is 45.9 Å². The van der Waals surface area contributed by atoms with Gasteiger partial charge in [0.25, 0.3) is 0 Å². The Balaban J connectivity index is 2.08. The van der Waals surface area contributed by atoms with E-state index in [1.807, 2.05) is 31.2 Å². The summed E-state index contributed by atoms with van der Waals surface area (Å²) in [6.45, 7) is 2.00. The van der Waals surface area contributed by atoms with Crippen molar-refractivity contribution in [3.63, 3.8) is 0 Å². The molecule has 0 saturated heterocycles. The predicted octanol–water partition coefficient (Wildman–Crippen LogP) is 3.76. The van der Waals surface area contributed by atoms with E-state index in [0.29, 0.717) is 15.8 Å². The molecule has 4 nitrogen and oxygen atoms in total. The molecule has 1 unspecified atom stereocenters. The number of carbonyl (C=O) groups is 1. The number of halogens is 1. The average molecular weight is 297 g/mol. The fraction of sp³-hybridized carbons (Fsp3) is 0.231. The summed E-state index contributed by atoms with van der Waals surface area (Å²) in [4.78, 5) is 15.5. The third-order valence-electron chi connectivity index (χ3n) is 2.59. The number of methoxy groups -OCH3 is 1. The second kappa shape index (κ2) is 6.04. The van der Waals surface area contributed by atoms with Crippen molar-refractivity contribution in [2.24, 2.45) is 0 Å². The number of aromatic nitrogens is 1. The van der Waals surface area contributed by atoms with Crippen LogP contribution in [0.3, 0.4) is 0 Å². The van der Waals surface area contributed by atoms with E-state index >= 15 is 0 Å². The molecule has 1 aromatic carbocycles. The van der Waals surface area contributed by atoms with Gasteiger partial charge in [-0.2, -0.15) is 0 Å². The fourth-order valence-electron chi connectivity index (χ4n) is 1.58. The smallest absolute Gasteiger partial charge is 0.357 e. The Bertz CT molecular complexity index is 586. The first-order valence-electron chi connectivity index (χ1n) is 5.66. The largest absolute Gasteiger partial charge is 0.464 e. The van der Waals surface area contributed by atoms with Crippen molar-refractivity contribution in [1.82, 2.24) is 4.98 Å². The summed E-state index contributed by atoms with van der Waals surface area (Å²) in [6.07, 6.45) is 0. The number of nitrogens with zero attached hydrogens (tertiary/aromatic N) is 1. The maximum atomic E-state index is 11.3. The van der Waals surface area contributed by atoms with Crippen LogP contribution in [0.15, 0.2) is 29.6 Å². The molecule has 100 valence electrons. The second-order valence-corrected chi connectivity index (χ2v) is 5.25. The molecular formula is C13H13ClN2O2S. The zero-order valence-corrected chi connectivity index (χ0v) is 12.1. The molecule has 1 heterocycles. The Kier molecular flexibility index (Phi) is 4.39. The van der Waals surface area contributed by atoms with Crippen molar-refractivity contribution in [1.29, 1.82) is 0 Å². The Hall–Kier alpha value is -1.59. The van der Waals surface area contributed by atoms with Gasteiger partial charge >= 0.3 is 5.97 Å². The first kappa shape index (κ1) is 13.8. The van der Waals surface area contributed by atoms with Gasteiger partial charge in [0.15, 0.2) is 10.8 Å². The molecule has 0 aliphatic carbocycles. The van der Waals surface area contributed by atoms with Crippen LogP contribution in [-0.2, 0) is 4.74 Å². The van der Waals surface area contributed by atoms with E-state index in [9.17, 15) is 4.79 Å². The highest BCUT2D eigenvalue weighted by molar-refractivity contribution is 7.13. The number of nitrogens with one attached hydrogen (secondary N) is 1. The minimum atomic E-state index is -0.431. The van der Waals surface area contributed by atoms with E-state index in [1.54, 1.807) is 5.38 Å². The van der Waals surface area contributed by atoms with Gasteiger partial charge < -0.3 is 10.1 Å². The van der Waals surface area contributed by atoms with E-state index < -0.39 is 5.97 Å². The van der Waals surface area contributed by atoms with Crippen LogP contribution in [0.4, 0.5) is 5.13 Å². The zero-order valence-electron chi connectivity index (χ0n) is 10.5. The third kappa shape index (κ3) is 3.45. The minimum absolute atomic E-state index is 0.0512. The highest BCUT2D eigenvalue weighted by atomic mass is 35.5. The molecule has 2 aromatic rings. The second-order valence-electron chi connectivity index (χ2n) is 3.95. The number of ether oxygens (including phenoxy) is 1. The van der Waals surface area contributed by atoms with Gasteiger partial charge in [-0.05, 0) is 24.6 Å². The monoisotopic (exact) mass is 296 g/mol. The lowest BCUT2D eigenvalue weighted by molar-refractivity contribution is 0.0595. The van der Waals surface area contributed by atoms with Gasteiger partial charge in [0, 0.05) is 10.4 Å². The summed E-state index contributed by atoms with van der Waals surface area (Å²) in [5.74, 6) is -0.431. The molecule has 0 amide bonds. The van der Waals surface area contributed by atoms with Crippen LogP contribution in [0.2, 0.25) is 5.02 Å². The summed E-state index contributed by atoms with van der Waals surface area (Å²) in [6, 6.07) is 7.66. The van der Waals surface area contributed by atoms with Crippen molar-refractivity contribution in [3.8, 4) is 0 Å². The first-order valence-corrected chi connectivity index (χ1v) is 6.91. The topological polar surface area (TPSA) is 51.2 Å². The Morgan fingerprint density at radius 1 is 1.53 bits per heavy atom. The quantitative estimate of drug-likeness (QED) is 0.873. The molecule has 0 aliphatic rings. The van der Waals surface area contributed by atoms with E-state index in [4.69, 9.17) is 11.6 Å². The van der Waals surface area contributed by atoms with Crippen LogP contribution in [0.5, 0.6) is 0 Å². The van der Waals surface area contributed by atoms with Crippen LogP contribution in [0, 0.1) is 0 Å². The van der Waals surface area contributed by atoms with Gasteiger partial charge in [0.05, 0.1) is 13.2 Å². The number of esters is 1. The number of carbonyl (C=O) groups excluding carboxylic acids is 1. The molecule has 2 rings (SSSR count). The Labute approximate surface area is 120 Å². The van der Waals surface area contributed by atoms with Gasteiger partial charge in [-0.3, -0.25) is 0 Å². The van der Waals surface area contributed by atoms with Gasteiger partial charge in [-0.25, -0.2) is 9.78 Å². The fourth-order valence-corrected chi connectivity index (χ4v) is 2.55. The highest BCUT2D eigenvalue weighted by Crippen LogP contribution is 2.24. The summed E-state index contributed by atoms with van der Waals surface area (Å²) in [5, 5.41) is 6.26. The standard InChI is InChI=1S/C13H13ClN2O2S/c1-8(9-4-3-5-10(14)6-9)15-13-16-11(7-19-13)12(17)18-2/h3-8H,1-2H3,(H,15,16). The summed E-state index contributed by atoms with van der Waals surface area (Å²) in [5.41, 5.74) is 1.37. The van der Waals surface area contributed by atoms with E-state index in [2.05, 4.69) is 15.0 Å². The lowest BCUT2D eigenvalue weighted by atomic mass is 10.1. The molecule has 0 bridgehead atoms. The van der Waals surface area contributed by atoms with Gasteiger partial charge in [-0.15, -0.1) is 11.3 Å². The number of benzene rings is 1. The van der Waals surface area contributed by atoms with Crippen molar-refractivity contribution in [2.45, 2.75) is 13.0 Å². The molecule has 19 heavy (non-hydrogen) atoms. The highest BCUT2D eigenvalue weighted by Gasteiger charge is 2.12. The van der Waals surface area contributed by atoms with E-state index in [-0.39, 0.29) is 6.04 Å². The number of anilines is 1. The maximum absolute atomic E-state index is 11.3. The van der Waals surface area contributed by atoms with Crippen molar-refractivity contribution >= 4 is 34.0 Å². The molecule has 0 radical (unpaired) electrons. The van der Waals surface area contributed by atoms with Gasteiger partial charge in [0.2, 0.25) is 0 Å². The SMILES string of the molecule is COC(=O)c1csc(NC(C)c2cccc(Cl)c2)n1.